The predicted octanol–water partition coefficient (Wildman–Crippen LogP) is 1.18. The van der Waals surface area contributed by atoms with E-state index in [1.807, 2.05) is 30.3 Å². The highest BCUT2D eigenvalue weighted by Crippen LogP contribution is 2.11. The fourth-order valence-corrected chi connectivity index (χ4v) is 2.56. The van der Waals surface area contributed by atoms with Gasteiger partial charge in [-0.25, -0.2) is 4.68 Å². The Labute approximate surface area is 128 Å². The van der Waals surface area contributed by atoms with E-state index in [9.17, 15) is 9.59 Å². The highest BCUT2D eigenvalue weighted by molar-refractivity contribution is 5.94. The standard InChI is InChI=1S/C16H18N4O2/c1-13(21)18-7-9-19(10-8-18)16(22)14-11-17-20(12-14)15-5-3-2-4-6-15/h2-6,11-12H,7-10H2,1H3. The molecule has 0 radical (unpaired) electrons. The molecule has 2 heterocycles. The van der Waals surface area contributed by atoms with Gasteiger partial charge < -0.3 is 9.80 Å². The molecule has 22 heavy (non-hydrogen) atoms. The summed E-state index contributed by atoms with van der Waals surface area (Å²) in [5.74, 6) is 0.0226. The van der Waals surface area contributed by atoms with E-state index in [2.05, 4.69) is 5.10 Å². The van der Waals surface area contributed by atoms with Crippen molar-refractivity contribution in [3.8, 4) is 5.69 Å². The van der Waals surface area contributed by atoms with E-state index in [4.69, 9.17) is 0 Å². The Morgan fingerprint density at radius 1 is 1.00 bits per heavy atom. The molecule has 0 unspecified atom stereocenters. The average molecular weight is 298 g/mol. The minimum absolute atomic E-state index is 0.0367. The van der Waals surface area contributed by atoms with Crippen LogP contribution in [0.4, 0.5) is 0 Å². The molecule has 0 saturated carbocycles. The largest absolute Gasteiger partial charge is 0.339 e. The van der Waals surface area contributed by atoms with Gasteiger partial charge >= 0.3 is 0 Å². The molecule has 6 heteroatoms. The normalized spacial score (nSPS) is 15.0. The molecule has 6 nitrogen and oxygen atoms in total. The molecule has 0 spiro atoms. The van der Waals surface area contributed by atoms with Crippen LogP contribution in [0.5, 0.6) is 0 Å². The number of nitrogens with zero attached hydrogens (tertiary/aromatic N) is 4. The van der Waals surface area contributed by atoms with Crippen LogP contribution in [0.2, 0.25) is 0 Å². The molecule has 114 valence electrons. The maximum Gasteiger partial charge on any atom is 0.257 e. The van der Waals surface area contributed by atoms with Gasteiger partial charge in [0.15, 0.2) is 0 Å². The quantitative estimate of drug-likeness (QED) is 0.836. The van der Waals surface area contributed by atoms with Crippen molar-refractivity contribution < 1.29 is 9.59 Å². The van der Waals surface area contributed by atoms with Crippen LogP contribution in [0.1, 0.15) is 17.3 Å². The molecule has 3 rings (SSSR count). The molecule has 1 aromatic carbocycles. The summed E-state index contributed by atoms with van der Waals surface area (Å²) < 4.78 is 1.69. The second kappa shape index (κ2) is 6.01. The van der Waals surface area contributed by atoms with E-state index < -0.39 is 0 Å². The van der Waals surface area contributed by atoms with E-state index in [1.54, 1.807) is 33.8 Å². The topological polar surface area (TPSA) is 58.4 Å². The lowest BCUT2D eigenvalue weighted by Gasteiger charge is -2.34. The minimum atomic E-state index is -0.0367. The van der Waals surface area contributed by atoms with Gasteiger partial charge in [-0.2, -0.15) is 5.10 Å². The molecule has 1 aromatic heterocycles. The third-order valence-electron chi connectivity index (χ3n) is 3.86. The highest BCUT2D eigenvalue weighted by atomic mass is 16.2. The van der Waals surface area contributed by atoms with Gasteiger partial charge in [-0.05, 0) is 12.1 Å². The van der Waals surface area contributed by atoms with Crippen LogP contribution in [0.25, 0.3) is 5.69 Å². The van der Waals surface area contributed by atoms with Crippen LogP contribution in [0.15, 0.2) is 42.7 Å². The number of amides is 2. The lowest BCUT2D eigenvalue weighted by molar-refractivity contribution is -0.130. The van der Waals surface area contributed by atoms with Crippen LogP contribution in [-0.4, -0.2) is 57.6 Å². The number of piperazine rings is 1. The van der Waals surface area contributed by atoms with Gasteiger partial charge in [0.2, 0.25) is 5.91 Å². The molecule has 0 atom stereocenters. The third kappa shape index (κ3) is 2.86. The Morgan fingerprint density at radius 3 is 2.27 bits per heavy atom. The van der Waals surface area contributed by atoms with Crippen molar-refractivity contribution in [3.05, 3.63) is 48.3 Å². The minimum Gasteiger partial charge on any atom is -0.339 e. The third-order valence-corrected chi connectivity index (χ3v) is 3.86. The first-order valence-corrected chi connectivity index (χ1v) is 7.30. The van der Waals surface area contributed by atoms with Crippen LogP contribution >= 0.6 is 0 Å². The van der Waals surface area contributed by atoms with Gasteiger partial charge in [-0.15, -0.1) is 0 Å². The molecule has 0 aliphatic carbocycles. The second-order valence-corrected chi connectivity index (χ2v) is 5.31. The maximum absolute atomic E-state index is 12.5. The summed E-state index contributed by atoms with van der Waals surface area (Å²) in [6.45, 7) is 3.87. The van der Waals surface area contributed by atoms with Crippen molar-refractivity contribution in [1.82, 2.24) is 19.6 Å². The molecule has 0 bridgehead atoms. The summed E-state index contributed by atoms with van der Waals surface area (Å²) in [6.07, 6.45) is 3.34. The predicted molar refractivity (Wildman–Crippen MR) is 81.7 cm³/mol. The Morgan fingerprint density at radius 2 is 1.64 bits per heavy atom. The van der Waals surface area contributed by atoms with Gasteiger partial charge in [0.25, 0.3) is 5.91 Å². The van der Waals surface area contributed by atoms with Crippen LogP contribution < -0.4 is 0 Å². The molecule has 1 saturated heterocycles. The first kappa shape index (κ1) is 14.3. The number of aromatic nitrogens is 2. The van der Waals surface area contributed by atoms with Crippen LogP contribution in [-0.2, 0) is 4.79 Å². The SMILES string of the molecule is CC(=O)N1CCN(C(=O)c2cnn(-c3ccccc3)c2)CC1. The number of carbonyl (C=O) groups excluding carboxylic acids is 2. The second-order valence-electron chi connectivity index (χ2n) is 5.31. The van der Waals surface area contributed by atoms with Crippen LogP contribution in [0, 0.1) is 0 Å². The lowest BCUT2D eigenvalue weighted by Crippen LogP contribution is -2.50. The highest BCUT2D eigenvalue weighted by Gasteiger charge is 2.24. The number of benzene rings is 1. The maximum atomic E-state index is 12.5. The Balaban J connectivity index is 1.69. The Bertz CT molecular complexity index is 672. The van der Waals surface area contributed by atoms with E-state index in [-0.39, 0.29) is 11.8 Å². The molecule has 1 aliphatic rings. The van der Waals surface area contributed by atoms with Crippen molar-refractivity contribution in [2.75, 3.05) is 26.2 Å². The summed E-state index contributed by atoms with van der Waals surface area (Å²) in [5, 5.41) is 4.25. The fraction of sp³-hybridized carbons (Fsp3) is 0.312. The molecule has 2 amide bonds. The van der Waals surface area contributed by atoms with E-state index >= 15 is 0 Å². The first-order valence-electron chi connectivity index (χ1n) is 7.30. The van der Waals surface area contributed by atoms with E-state index in [0.717, 1.165) is 5.69 Å². The molecular formula is C16H18N4O2. The van der Waals surface area contributed by atoms with E-state index in [0.29, 0.717) is 31.7 Å². The van der Waals surface area contributed by atoms with Gasteiger partial charge in [-0.1, -0.05) is 18.2 Å². The smallest absolute Gasteiger partial charge is 0.257 e. The van der Waals surface area contributed by atoms with E-state index in [1.165, 1.54) is 0 Å². The van der Waals surface area contributed by atoms with Gasteiger partial charge in [0.1, 0.15) is 0 Å². The van der Waals surface area contributed by atoms with Crippen molar-refractivity contribution in [2.45, 2.75) is 6.92 Å². The summed E-state index contributed by atoms with van der Waals surface area (Å²) >= 11 is 0. The zero-order valence-electron chi connectivity index (χ0n) is 12.5. The zero-order valence-corrected chi connectivity index (χ0v) is 12.5. The summed E-state index contributed by atoms with van der Waals surface area (Å²) in [4.78, 5) is 27.3. The zero-order chi connectivity index (χ0) is 15.5. The Hall–Kier alpha value is -2.63. The Kier molecular flexibility index (Phi) is 3.91. The van der Waals surface area contributed by atoms with Gasteiger partial charge in [0.05, 0.1) is 17.4 Å². The number of rotatable bonds is 2. The summed E-state index contributed by atoms with van der Waals surface area (Å²) in [5.41, 5.74) is 1.49. The van der Waals surface area contributed by atoms with Gasteiger partial charge in [0, 0.05) is 39.3 Å². The van der Waals surface area contributed by atoms with Crippen LogP contribution in [0.3, 0.4) is 0 Å². The lowest BCUT2D eigenvalue weighted by atomic mass is 10.2. The number of hydrogen-bond acceptors (Lipinski definition) is 3. The molecule has 1 fully saturated rings. The molecular weight excluding hydrogens is 280 g/mol. The average Bonchev–Trinajstić information content (AvgIpc) is 3.05. The molecule has 1 aliphatic heterocycles. The number of para-hydroxylation sites is 1. The first-order chi connectivity index (χ1) is 10.6. The van der Waals surface area contributed by atoms with Crippen molar-refractivity contribution in [3.63, 3.8) is 0 Å². The molecule has 0 N–H and O–H groups in total. The number of carbonyl (C=O) groups is 2. The molecule has 2 aromatic rings. The van der Waals surface area contributed by atoms with Crippen molar-refractivity contribution in [2.24, 2.45) is 0 Å². The number of hydrogen-bond donors (Lipinski definition) is 0. The van der Waals surface area contributed by atoms with Gasteiger partial charge in [-0.3, -0.25) is 9.59 Å². The van der Waals surface area contributed by atoms with Crippen molar-refractivity contribution in [1.29, 1.82) is 0 Å². The summed E-state index contributed by atoms with van der Waals surface area (Å²) in [6, 6.07) is 9.67. The summed E-state index contributed by atoms with van der Waals surface area (Å²) in [7, 11) is 0. The monoisotopic (exact) mass is 298 g/mol. The fourth-order valence-electron chi connectivity index (χ4n) is 2.56. The van der Waals surface area contributed by atoms with Crippen molar-refractivity contribution >= 4 is 11.8 Å².